The van der Waals surface area contributed by atoms with Crippen molar-refractivity contribution in [2.24, 2.45) is 0 Å². The van der Waals surface area contributed by atoms with Gasteiger partial charge in [0.1, 0.15) is 0 Å². The molecule has 17 heavy (non-hydrogen) atoms. The molecule has 1 aliphatic rings. The zero-order valence-corrected chi connectivity index (χ0v) is 10.4. The molecule has 0 saturated carbocycles. The number of carbonyl (C=O) groups excluding carboxylic acids is 1. The first kappa shape index (κ1) is 11.9. The lowest BCUT2D eigenvalue weighted by molar-refractivity contribution is 0.0938. The Morgan fingerprint density at radius 1 is 1.53 bits per heavy atom. The van der Waals surface area contributed by atoms with E-state index >= 15 is 0 Å². The van der Waals surface area contributed by atoms with Gasteiger partial charge in [-0.2, -0.15) is 0 Å². The third-order valence-electron chi connectivity index (χ3n) is 3.23. The highest BCUT2D eigenvalue weighted by atomic mass is 16.1. The average molecular weight is 233 g/mol. The molecule has 1 unspecified atom stereocenters. The Hall–Kier alpha value is -1.55. The molecule has 1 amide bonds. The molecule has 0 radical (unpaired) electrons. The second-order valence-corrected chi connectivity index (χ2v) is 4.80. The van der Waals surface area contributed by atoms with E-state index in [1.807, 2.05) is 19.1 Å². The van der Waals surface area contributed by atoms with E-state index in [0.717, 1.165) is 25.1 Å². The molecule has 4 nitrogen and oxygen atoms in total. The lowest BCUT2D eigenvalue weighted by Crippen LogP contribution is -2.36. The van der Waals surface area contributed by atoms with Gasteiger partial charge in [0.05, 0.1) is 0 Å². The van der Waals surface area contributed by atoms with Gasteiger partial charge in [-0.15, -0.1) is 0 Å². The van der Waals surface area contributed by atoms with Gasteiger partial charge in [0.2, 0.25) is 0 Å². The highest BCUT2D eigenvalue weighted by Gasteiger charge is 2.22. The molecule has 3 N–H and O–H groups in total. The van der Waals surface area contributed by atoms with Crippen molar-refractivity contribution in [1.82, 2.24) is 10.2 Å². The minimum Gasteiger partial charge on any atom is -0.399 e. The normalized spacial score (nSPS) is 20.5. The van der Waals surface area contributed by atoms with Gasteiger partial charge in [-0.05, 0) is 44.6 Å². The third-order valence-corrected chi connectivity index (χ3v) is 3.23. The van der Waals surface area contributed by atoms with E-state index in [-0.39, 0.29) is 11.9 Å². The standard InChI is InChI=1S/C13H19N3O/c1-9-3-4-10(14)7-12(9)13(17)15-11-5-6-16(2)8-11/h3-4,7,11H,5-6,8,14H2,1-2H3,(H,15,17). The van der Waals surface area contributed by atoms with E-state index in [9.17, 15) is 4.79 Å². The number of nitrogen functional groups attached to an aromatic ring is 1. The van der Waals surface area contributed by atoms with E-state index in [1.54, 1.807) is 6.07 Å². The van der Waals surface area contributed by atoms with Crippen LogP contribution in [0.5, 0.6) is 0 Å². The molecule has 4 heteroatoms. The zero-order chi connectivity index (χ0) is 12.4. The van der Waals surface area contributed by atoms with Crippen LogP contribution in [0.15, 0.2) is 18.2 Å². The summed E-state index contributed by atoms with van der Waals surface area (Å²) in [6.45, 7) is 3.89. The van der Waals surface area contributed by atoms with Crippen molar-refractivity contribution in [2.45, 2.75) is 19.4 Å². The highest BCUT2D eigenvalue weighted by molar-refractivity contribution is 5.96. The maximum absolute atomic E-state index is 12.1. The van der Waals surface area contributed by atoms with Crippen LogP contribution in [-0.4, -0.2) is 37.0 Å². The molecule has 1 heterocycles. The van der Waals surface area contributed by atoms with E-state index < -0.39 is 0 Å². The van der Waals surface area contributed by atoms with E-state index in [1.165, 1.54) is 0 Å². The molecule has 0 spiro atoms. The van der Waals surface area contributed by atoms with Crippen LogP contribution in [0.1, 0.15) is 22.3 Å². The summed E-state index contributed by atoms with van der Waals surface area (Å²) in [5, 5.41) is 3.06. The molecule has 0 aromatic heterocycles. The van der Waals surface area contributed by atoms with Crippen LogP contribution in [0, 0.1) is 6.92 Å². The summed E-state index contributed by atoms with van der Waals surface area (Å²) in [7, 11) is 2.07. The van der Waals surface area contributed by atoms with E-state index in [2.05, 4.69) is 17.3 Å². The molecular weight excluding hydrogens is 214 g/mol. The third kappa shape index (κ3) is 2.77. The maximum Gasteiger partial charge on any atom is 0.251 e. The molecule has 1 aromatic carbocycles. The first-order chi connectivity index (χ1) is 8.06. The van der Waals surface area contributed by atoms with Crippen LogP contribution in [-0.2, 0) is 0 Å². The molecule has 92 valence electrons. The van der Waals surface area contributed by atoms with Crippen LogP contribution in [0.4, 0.5) is 5.69 Å². The molecule has 1 saturated heterocycles. The lowest BCUT2D eigenvalue weighted by Gasteiger charge is -2.14. The number of benzene rings is 1. The van der Waals surface area contributed by atoms with Gasteiger partial charge in [-0.1, -0.05) is 6.07 Å². The SMILES string of the molecule is Cc1ccc(N)cc1C(=O)NC1CCN(C)C1. The number of aryl methyl sites for hydroxylation is 1. The Morgan fingerprint density at radius 3 is 2.94 bits per heavy atom. The van der Waals surface area contributed by atoms with Crippen molar-refractivity contribution in [2.75, 3.05) is 25.9 Å². The number of hydrogen-bond donors (Lipinski definition) is 2. The second-order valence-electron chi connectivity index (χ2n) is 4.80. The Kier molecular flexibility index (Phi) is 3.33. The fourth-order valence-corrected chi connectivity index (χ4v) is 2.20. The van der Waals surface area contributed by atoms with Crippen molar-refractivity contribution >= 4 is 11.6 Å². The minimum absolute atomic E-state index is 0.0184. The quantitative estimate of drug-likeness (QED) is 0.750. The molecule has 1 atom stereocenters. The zero-order valence-electron chi connectivity index (χ0n) is 10.4. The van der Waals surface area contributed by atoms with Gasteiger partial charge >= 0.3 is 0 Å². The van der Waals surface area contributed by atoms with Crippen molar-refractivity contribution < 1.29 is 4.79 Å². The summed E-state index contributed by atoms with van der Waals surface area (Å²) in [5.41, 5.74) is 7.98. The number of nitrogens with one attached hydrogen (secondary N) is 1. The number of nitrogens with zero attached hydrogens (tertiary/aromatic N) is 1. The van der Waals surface area contributed by atoms with Gasteiger partial charge < -0.3 is 16.0 Å². The number of carbonyl (C=O) groups is 1. The summed E-state index contributed by atoms with van der Waals surface area (Å²) in [4.78, 5) is 14.3. The molecule has 1 fully saturated rings. The van der Waals surface area contributed by atoms with E-state index in [0.29, 0.717) is 11.3 Å². The Balaban J connectivity index is 2.06. The predicted molar refractivity (Wildman–Crippen MR) is 69.0 cm³/mol. The Labute approximate surface area is 102 Å². The molecular formula is C13H19N3O. The van der Waals surface area contributed by atoms with Crippen LogP contribution in [0.2, 0.25) is 0 Å². The van der Waals surface area contributed by atoms with Crippen molar-refractivity contribution in [3.8, 4) is 0 Å². The average Bonchev–Trinajstić information content (AvgIpc) is 2.67. The fraction of sp³-hybridized carbons (Fsp3) is 0.462. The Morgan fingerprint density at radius 2 is 2.29 bits per heavy atom. The van der Waals surface area contributed by atoms with Crippen LogP contribution < -0.4 is 11.1 Å². The first-order valence-electron chi connectivity index (χ1n) is 5.92. The van der Waals surface area contributed by atoms with Crippen molar-refractivity contribution in [1.29, 1.82) is 0 Å². The number of likely N-dealkylation sites (tertiary alicyclic amines) is 1. The maximum atomic E-state index is 12.1. The largest absolute Gasteiger partial charge is 0.399 e. The molecule has 2 rings (SSSR count). The first-order valence-corrected chi connectivity index (χ1v) is 5.92. The second kappa shape index (κ2) is 4.75. The lowest BCUT2D eigenvalue weighted by atomic mass is 10.1. The van der Waals surface area contributed by atoms with Crippen LogP contribution >= 0.6 is 0 Å². The van der Waals surface area contributed by atoms with Gasteiger partial charge in [-0.3, -0.25) is 4.79 Å². The number of hydrogen-bond acceptors (Lipinski definition) is 3. The van der Waals surface area contributed by atoms with Crippen molar-refractivity contribution in [3.63, 3.8) is 0 Å². The summed E-state index contributed by atoms with van der Waals surface area (Å²) in [6.07, 6.45) is 1.02. The smallest absolute Gasteiger partial charge is 0.251 e. The molecule has 1 aliphatic heterocycles. The summed E-state index contributed by atoms with van der Waals surface area (Å²) in [5.74, 6) is -0.0184. The topological polar surface area (TPSA) is 58.4 Å². The number of likely N-dealkylation sites (N-methyl/N-ethyl adjacent to an activating group) is 1. The van der Waals surface area contributed by atoms with E-state index in [4.69, 9.17) is 5.73 Å². The predicted octanol–water partition coefficient (Wildman–Crippen LogP) is 1.01. The van der Waals surface area contributed by atoms with Crippen molar-refractivity contribution in [3.05, 3.63) is 29.3 Å². The van der Waals surface area contributed by atoms with Crippen LogP contribution in [0.3, 0.4) is 0 Å². The summed E-state index contributed by atoms with van der Waals surface area (Å²) in [6, 6.07) is 5.69. The highest BCUT2D eigenvalue weighted by Crippen LogP contribution is 2.14. The van der Waals surface area contributed by atoms with Crippen LogP contribution in [0.25, 0.3) is 0 Å². The summed E-state index contributed by atoms with van der Waals surface area (Å²) >= 11 is 0. The van der Waals surface area contributed by atoms with Gasteiger partial charge in [0, 0.05) is 23.8 Å². The fourth-order valence-electron chi connectivity index (χ4n) is 2.20. The molecule has 0 aliphatic carbocycles. The number of nitrogens with two attached hydrogens (primary N) is 1. The molecule has 0 bridgehead atoms. The van der Waals surface area contributed by atoms with Gasteiger partial charge in [0.15, 0.2) is 0 Å². The molecule has 1 aromatic rings. The number of rotatable bonds is 2. The van der Waals surface area contributed by atoms with Gasteiger partial charge in [0.25, 0.3) is 5.91 Å². The number of amides is 1. The Bertz CT molecular complexity index is 431. The minimum atomic E-state index is -0.0184. The monoisotopic (exact) mass is 233 g/mol. The summed E-state index contributed by atoms with van der Waals surface area (Å²) < 4.78 is 0. The van der Waals surface area contributed by atoms with Gasteiger partial charge in [-0.25, -0.2) is 0 Å². The number of anilines is 1.